The van der Waals surface area contributed by atoms with Crippen LogP contribution in [0, 0.1) is 0 Å². The van der Waals surface area contributed by atoms with Crippen LogP contribution in [0.15, 0.2) is 63.3 Å². The molecule has 3 aromatic rings. The summed E-state index contributed by atoms with van der Waals surface area (Å²) < 4.78 is 34.4. The molecule has 1 aromatic heterocycles. The maximum absolute atomic E-state index is 13.9. The standard InChI is InChI=1S/C24H26ClN3O5S2/c1-5-20(29)28(21(30)6-2)24-22(35(31,32)19-12-10-17(25)11-13-19)23(34-4)26-27(24)15-16-8-7-9-18(14-16)33-3/h7-14H,5-6,15H2,1-4H3. The van der Waals surface area contributed by atoms with Crippen molar-refractivity contribution < 1.29 is 22.7 Å². The summed E-state index contributed by atoms with van der Waals surface area (Å²) in [7, 11) is -2.63. The molecule has 0 spiro atoms. The van der Waals surface area contributed by atoms with E-state index in [0.717, 1.165) is 22.2 Å². The highest BCUT2D eigenvalue weighted by Crippen LogP contribution is 2.39. The molecule has 2 amide bonds. The van der Waals surface area contributed by atoms with Crippen molar-refractivity contribution in [2.45, 2.75) is 48.1 Å². The number of hydrogen-bond acceptors (Lipinski definition) is 7. The number of imide groups is 1. The number of ether oxygens (including phenoxy) is 1. The van der Waals surface area contributed by atoms with Crippen LogP contribution in [0.1, 0.15) is 32.3 Å². The normalized spacial score (nSPS) is 11.3. The van der Waals surface area contributed by atoms with Crippen molar-refractivity contribution in [3.63, 3.8) is 0 Å². The SMILES string of the molecule is CCC(=O)N(C(=O)CC)c1c(S(=O)(=O)c2ccc(Cl)cc2)c(SC)nn1Cc1cccc(OC)c1. The zero-order valence-corrected chi connectivity index (χ0v) is 22.2. The second-order valence-corrected chi connectivity index (χ2v) is 10.6. The van der Waals surface area contributed by atoms with Crippen LogP contribution in [0.25, 0.3) is 0 Å². The number of anilines is 1. The van der Waals surface area contributed by atoms with Crippen LogP contribution in [0.3, 0.4) is 0 Å². The van der Waals surface area contributed by atoms with Crippen LogP contribution in [-0.2, 0) is 26.0 Å². The first-order valence-electron chi connectivity index (χ1n) is 10.8. The van der Waals surface area contributed by atoms with Gasteiger partial charge in [-0.1, -0.05) is 37.6 Å². The smallest absolute Gasteiger partial charge is 0.234 e. The predicted octanol–water partition coefficient (Wildman–Crippen LogP) is 4.83. The first-order chi connectivity index (χ1) is 16.7. The molecule has 1 heterocycles. The van der Waals surface area contributed by atoms with E-state index >= 15 is 0 Å². The van der Waals surface area contributed by atoms with Gasteiger partial charge in [0.15, 0.2) is 5.82 Å². The van der Waals surface area contributed by atoms with Gasteiger partial charge in [-0.2, -0.15) is 5.10 Å². The molecule has 0 saturated carbocycles. The number of halogens is 1. The van der Waals surface area contributed by atoms with Crippen LogP contribution in [0.2, 0.25) is 5.02 Å². The number of thioether (sulfide) groups is 1. The average Bonchev–Trinajstić information content (AvgIpc) is 3.22. The summed E-state index contributed by atoms with van der Waals surface area (Å²) in [5, 5.41) is 5.09. The Balaban J connectivity index is 2.34. The third-order valence-electron chi connectivity index (χ3n) is 5.22. The van der Waals surface area contributed by atoms with Crippen LogP contribution in [0.4, 0.5) is 5.82 Å². The van der Waals surface area contributed by atoms with E-state index in [9.17, 15) is 18.0 Å². The Labute approximate surface area is 214 Å². The van der Waals surface area contributed by atoms with Gasteiger partial charge in [0.25, 0.3) is 0 Å². The lowest BCUT2D eigenvalue weighted by molar-refractivity contribution is -0.126. The van der Waals surface area contributed by atoms with E-state index in [-0.39, 0.29) is 40.0 Å². The Morgan fingerprint density at radius 1 is 1.09 bits per heavy atom. The molecule has 0 saturated heterocycles. The molecule has 0 aliphatic carbocycles. The number of aromatic nitrogens is 2. The zero-order chi connectivity index (χ0) is 25.8. The van der Waals surface area contributed by atoms with Gasteiger partial charge < -0.3 is 4.74 Å². The van der Waals surface area contributed by atoms with Crippen molar-refractivity contribution in [2.24, 2.45) is 0 Å². The average molecular weight is 536 g/mol. The van der Waals surface area contributed by atoms with Crippen LogP contribution in [0.5, 0.6) is 5.75 Å². The number of benzene rings is 2. The Hall–Kier alpha value is -2.82. The van der Waals surface area contributed by atoms with Gasteiger partial charge in [-0.3, -0.25) is 9.59 Å². The minimum Gasteiger partial charge on any atom is -0.497 e. The third-order valence-corrected chi connectivity index (χ3v) is 8.08. The minimum atomic E-state index is -4.18. The largest absolute Gasteiger partial charge is 0.497 e. The van der Waals surface area contributed by atoms with Gasteiger partial charge >= 0.3 is 0 Å². The van der Waals surface area contributed by atoms with Gasteiger partial charge in [0, 0.05) is 17.9 Å². The van der Waals surface area contributed by atoms with E-state index in [4.69, 9.17) is 16.3 Å². The van der Waals surface area contributed by atoms with E-state index in [1.165, 1.54) is 28.9 Å². The molecule has 8 nitrogen and oxygen atoms in total. The van der Waals surface area contributed by atoms with Crippen molar-refractivity contribution in [1.82, 2.24) is 9.78 Å². The van der Waals surface area contributed by atoms with Crippen molar-refractivity contribution in [1.29, 1.82) is 0 Å². The van der Waals surface area contributed by atoms with Gasteiger partial charge in [0.1, 0.15) is 15.7 Å². The fraction of sp³-hybridized carbons (Fsp3) is 0.292. The van der Waals surface area contributed by atoms with Gasteiger partial charge in [0.05, 0.1) is 18.6 Å². The molecule has 0 radical (unpaired) electrons. The van der Waals surface area contributed by atoms with Crippen LogP contribution < -0.4 is 9.64 Å². The third kappa shape index (κ3) is 5.55. The molecular formula is C24H26ClN3O5S2. The van der Waals surface area contributed by atoms with Crippen molar-refractivity contribution in [3.8, 4) is 5.75 Å². The number of nitrogens with zero attached hydrogens (tertiary/aromatic N) is 3. The quantitative estimate of drug-likeness (QED) is 0.362. The topological polar surface area (TPSA) is 98.6 Å². The fourth-order valence-electron chi connectivity index (χ4n) is 3.48. The van der Waals surface area contributed by atoms with E-state index in [1.54, 1.807) is 45.4 Å². The molecule has 3 rings (SSSR count). The Morgan fingerprint density at radius 2 is 1.71 bits per heavy atom. The lowest BCUT2D eigenvalue weighted by atomic mass is 10.2. The zero-order valence-electron chi connectivity index (χ0n) is 19.8. The van der Waals surface area contributed by atoms with Gasteiger partial charge in [0.2, 0.25) is 21.7 Å². The molecule has 0 aliphatic rings. The lowest BCUT2D eigenvalue weighted by Gasteiger charge is -2.22. The Bertz CT molecular complexity index is 1320. The fourth-order valence-corrected chi connectivity index (χ4v) is 6.08. The molecule has 0 N–H and O–H groups in total. The number of amides is 2. The second-order valence-electron chi connectivity index (χ2n) is 7.46. The van der Waals surface area contributed by atoms with E-state index in [2.05, 4.69) is 5.10 Å². The summed E-state index contributed by atoms with van der Waals surface area (Å²) in [4.78, 5) is 26.7. The number of hydrogen-bond donors (Lipinski definition) is 0. The summed E-state index contributed by atoms with van der Waals surface area (Å²) in [5.41, 5.74) is 0.754. The lowest BCUT2D eigenvalue weighted by Crippen LogP contribution is -2.38. The summed E-state index contributed by atoms with van der Waals surface area (Å²) >= 11 is 7.08. The summed E-state index contributed by atoms with van der Waals surface area (Å²) in [6.07, 6.45) is 1.70. The van der Waals surface area contributed by atoms with Crippen molar-refractivity contribution >= 4 is 50.8 Å². The van der Waals surface area contributed by atoms with Gasteiger partial charge in [-0.15, -0.1) is 11.8 Å². The molecular weight excluding hydrogens is 510 g/mol. The van der Waals surface area contributed by atoms with Crippen LogP contribution >= 0.6 is 23.4 Å². The number of methoxy groups -OCH3 is 1. The molecule has 186 valence electrons. The number of carbonyl (C=O) groups excluding carboxylic acids is 2. The summed E-state index contributed by atoms with van der Waals surface area (Å²) in [6.45, 7) is 3.34. The Morgan fingerprint density at radius 3 is 2.26 bits per heavy atom. The minimum absolute atomic E-state index is 0.00507. The monoisotopic (exact) mass is 535 g/mol. The van der Waals surface area contributed by atoms with E-state index in [1.807, 2.05) is 6.07 Å². The van der Waals surface area contributed by atoms with E-state index in [0.29, 0.717) is 10.8 Å². The maximum Gasteiger partial charge on any atom is 0.234 e. The van der Waals surface area contributed by atoms with Crippen LogP contribution in [-0.4, -0.2) is 43.4 Å². The highest BCUT2D eigenvalue weighted by molar-refractivity contribution is 7.99. The number of rotatable bonds is 9. The van der Waals surface area contributed by atoms with Crippen molar-refractivity contribution in [3.05, 3.63) is 59.1 Å². The molecule has 0 atom stereocenters. The predicted molar refractivity (Wildman–Crippen MR) is 136 cm³/mol. The first-order valence-corrected chi connectivity index (χ1v) is 13.9. The molecule has 0 aliphatic heterocycles. The highest BCUT2D eigenvalue weighted by Gasteiger charge is 2.37. The molecule has 11 heteroatoms. The molecule has 0 fully saturated rings. The Kier molecular flexibility index (Phi) is 8.63. The van der Waals surface area contributed by atoms with E-state index < -0.39 is 21.7 Å². The number of sulfone groups is 1. The van der Waals surface area contributed by atoms with Gasteiger partial charge in [-0.25, -0.2) is 18.0 Å². The molecule has 0 bridgehead atoms. The molecule has 0 unspecified atom stereocenters. The van der Waals surface area contributed by atoms with Gasteiger partial charge in [-0.05, 0) is 48.2 Å². The van der Waals surface area contributed by atoms with Crippen molar-refractivity contribution in [2.75, 3.05) is 18.3 Å². The maximum atomic E-state index is 13.9. The molecule has 2 aromatic carbocycles. The molecule has 35 heavy (non-hydrogen) atoms. The number of carbonyl (C=O) groups is 2. The summed E-state index contributed by atoms with van der Waals surface area (Å²) in [5.74, 6) is -0.514. The first kappa shape index (κ1) is 26.8. The second kappa shape index (κ2) is 11.3. The summed E-state index contributed by atoms with van der Waals surface area (Å²) in [6, 6.07) is 12.9. The highest BCUT2D eigenvalue weighted by atomic mass is 35.5.